The number of carbonyl (C=O) groups excluding carboxylic acids is 1. The molecule has 4 heteroatoms. The molecule has 0 aliphatic rings. The third-order valence-electron chi connectivity index (χ3n) is 4.40. The molecule has 0 saturated carbocycles. The summed E-state index contributed by atoms with van der Waals surface area (Å²) in [5, 5.41) is 12.5. The van der Waals surface area contributed by atoms with E-state index in [1.165, 1.54) is 52.1 Å². The first-order chi connectivity index (χ1) is 12.7. The highest BCUT2D eigenvalue weighted by Gasteiger charge is 2.05. The molecule has 1 amide bonds. The van der Waals surface area contributed by atoms with E-state index in [1.807, 2.05) is 0 Å². The molecule has 1 rings (SSSR count). The summed E-state index contributed by atoms with van der Waals surface area (Å²) in [4.78, 5) is 11.9. The molecule has 0 aromatic heterocycles. The van der Waals surface area contributed by atoms with Gasteiger partial charge in [0.25, 0.3) is 0 Å². The number of unbranched alkanes of at least 4 members (excludes halogenated alkanes) is 7. The van der Waals surface area contributed by atoms with Gasteiger partial charge in [0.15, 0.2) is 11.5 Å². The largest absolute Gasteiger partial charge is 0.504 e. The van der Waals surface area contributed by atoms with Crippen molar-refractivity contribution < 1.29 is 14.6 Å². The van der Waals surface area contributed by atoms with Crippen LogP contribution in [0.5, 0.6) is 11.5 Å². The summed E-state index contributed by atoms with van der Waals surface area (Å²) in [6, 6.07) is 5.11. The second kappa shape index (κ2) is 14.2. The highest BCUT2D eigenvalue weighted by atomic mass is 16.5. The molecule has 0 aliphatic heterocycles. The lowest BCUT2D eigenvalue weighted by molar-refractivity contribution is -0.121. The fraction of sp³-hybridized carbons (Fsp3) is 0.591. The standard InChI is InChI=1S/C22H35NO3/c1-3-4-5-6-7-8-9-10-11-12-13-14-22(25)23-18-19-15-16-20(24)21(17-19)26-2/h6-7,15-17,24H,3-5,8-14,18H2,1-2H3,(H,23,25). The minimum Gasteiger partial charge on any atom is -0.504 e. The number of ether oxygens (including phenoxy) is 1. The van der Waals surface area contributed by atoms with Crippen molar-refractivity contribution >= 4 is 5.91 Å². The predicted molar refractivity (Wildman–Crippen MR) is 107 cm³/mol. The van der Waals surface area contributed by atoms with Crippen molar-refractivity contribution in [3.63, 3.8) is 0 Å². The van der Waals surface area contributed by atoms with Crippen molar-refractivity contribution in [2.45, 2.75) is 77.7 Å². The number of allylic oxidation sites excluding steroid dienone is 2. The molecule has 2 N–H and O–H groups in total. The number of rotatable bonds is 14. The van der Waals surface area contributed by atoms with Crippen molar-refractivity contribution in [3.05, 3.63) is 35.9 Å². The van der Waals surface area contributed by atoms with Gasteiger partial charge in [-0.15, -0.1) is 0 Å². The van der Waals surface area contributed by atoms with Crippen LogP contribution in [-0.2, 0) is 11.3 Å². The van der Waals surface area contributed by atoms with E-state index in [4.69, 9.17) is 4.74 Å². The molecule has 146 valence electrons. The number of phenolic OH excluding ortho intramolecular Hbond substituents is 1. The second-order valence-electron chi connectivity index (χ2n) is 6.70. The number of aromatic hydroxyl groups is 1. The molecule has 0 heterocycles. The number of nitrogens with one attached hydrogen (secondary N) is 1. The summed E-state index contributed by atoms with van der Waals surface area (Å²) in [6.45, 7) is 2.68. The third kappa shape index (κ3) is 10.1. The topological polar surface area (TPSA) is 58.6 Å². The second-order valence-corrected chi connectivity index (χ2v) is 6.70. The van der Waals surface area contributed by atoms with Crippen molar-refractivity contribution in [1.82, 2.24) is 5.32 Å². The normalized spacial score (nSPS) is 11.0. The Kier molecular flexibility index (Phi) is 12.1. The maximum atomic E-state index is 11.9. The molecule has 0 radical (unpaired) electrons. The van der Waals surface area contributed by atoms with Crippen LogP contribution in [0.4, 0.5) is 0 Å². The summed E-state index contributed by atoms with van der Waals surface area (Å²) in [6.07, 6.45) is 15.9. The summed E-state index contributed by atoms with van der Waals surface area (Å²) in [5.74, 6) is 0.617. The molecule has 0 spiro atoms. The Morgan fingerprint density at radius 3 is 2.50 bits per heavy atom. The fourth-order valence-electron chi connectivity index (χ4n) is 2.76. The molecule has 0 bridgehead atoms. The van der Waals surface area contributed by atoms with Gasteiger partial charge < -0.3 is 15.2 Å². The van der Waals surface area contributed by atoms with Crippen molar-refractivity contribution in [2.75, 3.05) is 7.11 Å². The Morgan fingerprint density at radius 1 is 1.08 bits per heavy atom. The summed E-state index contributed by atoms with van der Waals surface area (Å²) < 4.78 is 5.07. The van der Waals surface area contributed by atoms with Gasteiger partial charge in [-0.05, 0) is 43.4 Å². The number of methoxy groups -OCH3 is 1. The van der Waals surface area contributed by atoms with E-state index in [9.17, 15) is 9.90 Å². The Labute approximate surface area is 158 Å². The lowest BCUT2D eigenvalue weighted by Gasteiger charge is -2.08. The number of hydrogen-bond acceptors (Lipinski definition) is 3. The zero-order valence-corrected chi connectivity index (χ0v) is 16.4. The Bertz CT molecular complexity index is 540. The predicted octanol–water partition coefficient (Wildman–Crippen LogP) is 5.49. The van der Waals surface area contributed by atoms with Gasteiger partial charge in [0.1, 0.15) is 0 Å². The molecule has 0 atom stereocenters. The van der Waals surface area contributed by atoms with Crippen LogP contribution in [0.2, 0.25) is 0 Å². The van der Waals surface area contributed by atoms with Crippen LogP contribution >= 0.6 is 0 Å². The Hall–Kier alpha value is -1.97. The van der Waals surface area contributed by atoms with E-state index in [0.717, 1.165) is 18.4 Å². The Morgan fingerprint density at radius 2 is 1.77 bits per heavy atom. The monoisotopic (exact) mass is 361 g/mol. The van der Waals surface area contributed by atoms with Gasteiger partial charge >= 0.3 is 0 Å². The first kappa shape index (κ1) is 22.1. The van der Waals surface area contributed by atoms with Gasteiger partial charge in [-0.3, -0.25) is 4.79 Å². The zero-order chi connectivity index (χ0) is 19.0. The molecular weight excluding hydrogens is 326 g/mol. The van der Waals surface area contributed by atoms with Crippen LogP contribution < -0.4 is 10.1 Å². The minimum atomic E-state index is 0.0795. The number of phenols is 1. The SMILES string of the molecule is CCCCC=CCCCCCCCC(=O)NCc1ccc(O)c(OC)c1. The summed E-state index contributed by atoms with van der Waals surface area (Å²) in [5.41, 5.74) is 0.917. The quantitative estimate of drug-likeness (QED) is 0.340. The van der Waals surface area contributed by atoms with E-state index in [-0.39, 0.29) is 11.7 Å². The molecule has 0 aliphatic carbocycles. The number of amides is 1. The highest BCUT2D eigenvalue weighted by Crippen LogP contribution is 2.26. The molecule has 1 aromatic carbocycles. The number of benzene rings is 1. The molecule has 4 nitrogen and oxygen atoms in total. The molecule has 0 fully saturated rings. The summed E-state index contributed by atoms with van der Waals surface area (Å²) >= 11 is 0. The fourth-order valence-corrected chi connectivity index (χ4v) is 2.76. The highest BCUT2D eigenvalue weighted by molar-refractivity contribution is 5.75. The lowest BCUT2D eigenvalue weighted by Crippen LogP contribution is -2.22. The number of carbonyl (C=O) groups is 1. The van der Waals surface area contributed by atoms with Crippen LogP contribution in [0.3, 0.4) is 0 Å². The molecule has 0 unspecified atom stereocenters. The van der Waals surface area contributed by atoms with Gasteiger partial charge in [-0.2, -0.15) is 0 Å². The van der Waals surface area contributed by atoms with E-state index in [1.54, 1.807) is 18.2 Å². The smallest absolute Gasteiger partial charge is 0.220 e. The van der Waals surface area contributed by atoms with Gasteiger partial charge in [0.05, 0.1) is 7.11 Å². The average molecular weight is 362 g/mol. The van der Waals surface area contributed by atoms with Crippen molar-refractivity contribution in [2.24, 2.45) is 0 Å². The maximum Gasteiger partial charge on any atom is 0.220 e. The van der Waals surface area contributed by atoms with Crippen LogP contribution in [0, 0.1) is 0 Å². The third-order valence-corrected chi connectivity index (χ3v) is 4.40. The first-order valence-electron chi connectivity index (χ1n) is 9.95. The van der Waals surface area contributed by atoms with Crippen molar-refractivity contribution in [3.8, 4) is 11.5 Å². The number of hydrogen-bond donors (Lipinski definition) is 2. The van der Waals surface area contributed by atoms with E-state index in [0.29, 0.717) is 18.7 Å². The van der Waals surface area contributed by atoms with Crippen molar-refractivity contribution in [1.29, 1.82) is 0 Å². The van der Waals surface area contributed by atoms with E-state index in [2.05, 4.69) is 24.4 Å². The minimum absolute atomic E-state index is 0.0795. The van der Waals surface area contributed by atoms with Gasteiger partial charge in [0, 0.05) is 13.0 Å². The molecular formula is C22H35NO3. The van der Waals surface area contributed by atoms with E-state index < -0.39 is 0 Å². The first-order valence-corrected chi connectivity index (χ1v) is 9.95. The molecule has 0 saturated heterocycles. The van der Waals surface area contributed by atoms with E-state index >= 15 is 0 Å². The molecule has 26 heavy (non-hydrogen) atoms. The molecule has 1 aromatic rings. The van der Waals surface area contributed by atoms with Crippen LogP contribution in [0.25, 0.3) is 0 Å². The summed E-state index contributed by atoms with van der Waals surface area (Å²) in [7, 11) is 1.51. The van der Waals surface area contributed by atoms with Gasteiger partial charge in [0.2, 0.25) is 5.91 Å². The van der Waals surface area contributed by atoms with Crippen LogP contribution in [0.15, 0.2) is 30.4 Å². The zero-order valence-electron chi connectivity index (χ0n) is 16.4. The Balaban J connectivity index is 2.03. The maximum absolute atomic E-state index is 11.9. The average Bonchev–Trinajstić information content (AvgIpc) is 2.65. The lowest BCUT2D eigenvalue weighted by atomic mass is 10.1. The van der Waals surface area contributed by atoms with Gasteiger partial charge in [-0.25, -0.2) is 0 Å². The van der Waals surface area contributed by atoms with Gasteiger partial charge in [-0.1, -0.05) is 57.2 Å². The van der Waals surface area contributed by atoms with Crippen LogP contribution in [0.1, 0.15) is 76.7 Å². The van der Waals surface area contributed by atoms with Crippen LogP contribution in [-0.4, -0.2) is 18.1 Å².